The lowest BCUT2D eigenvalue weighted by molar-refractivity contribution is -0.120. The molecule has 32 heavy (non-hydrogen) atoms. The molecule has 2 heterocycles. The van der Waals surface area contributed by atoms with Crippen molar-refractivity contribution >= 4 is 38.6 Å². The van der Waals surface area contributed by atoms with Crippen LogP contribution in [0, 0.1) is 6.92 Å². The van der Waals surface area contributed by atoms with Crippen LogP contribution in [0.15, 0.2) is 54.6 Å². The third kappa shape index (κ3) is 5.14. The van der Waals surface area contributed by atoms with Crippen LogP contribution in [0.2, 0.25) is 0 Å². The fourth-order valence-electron chi connectivity index (χ4n) is 3.46. The van der Waals surface area contributed by atoms with Crippen LogP contribution in [0.1, 0.15) is 17.7 Å². The summed E-state index contributed by atoms with van der Waals surface area (Å²) in [4.78, 5) is 27.2. The number of para-hydroxylation sites is 1. The number of carbonyl (C=O) groups is 2. The normalized spacial score (nSPS) is 16.0. The predicted molar refractivity (Wildman–Crippen MR) is 120 cm³/mol. The zero-order valence-electron chi connectivity index (χ0n) is 17.3. The van der Waals surface area contributed by atoms with E-state index in [0.717, 1.165) is 22.2 Å². The number of ether oxygens (including phenoxy) is 1. The van der Waals surface area contributed by atoms with Gasteiger partial charge in [0.1, 0.15) is 18.4 Å². The van der Waals surface area contributed by atoms with Crippen LogP contribution in [-0.4, -0.2) is 37.1 Å². The SMILES string of the molecule is Cc1cc(COc2ccc(NS(=O)(=O)CCC3NC(=O)NC3=O)cc2)c2ccccc2n1. The van der Waals surface area contributed by atoms with Crippen molar-refractivity contribution in [2.75, 3.05) is 10.5 Å². The summed E-state index contributed by atoms with van der Waals surface area (Å²) in [6, 6.07) is 14.9. The van der Waals surface area contributed by atoms with E-state index in [1.54, 1.807) is 24.3 Å². The molecule has 10 heteroatoms. The first-order valence-corrected chi connectivity index (χ1v) is 11.6. The van der Waals surface area contributed by atoms with Crippen molar-refractivity contribution in [1.29, 1.82) is 0 Å². The van der Waals surface area contributed by atoms with Gasteiger partial charge in [0.05, 0.1) is 11.3 Å². The number of amides is 3. The topological polar surface area (TPSA) is 126 Å². The van der Waals surface area contributed by atoms with Crippen molar-refractivity contribution in [2.24, 2.45) is 0 Å². The number of nitrogens with one attached hydrogen (secondary N) is 3. The van der Waals surface area contributed by atoms with Crippen LogP contribution in [0.3, 0.4) is 0 Å². The summed E-state index contributed by atoms with van der Waals surface area (Å²) in [5.74, 6) is -0.237. The zero-order chi connectivity index (χ0) is 22.7. The summed E-state index contributed by atoms with van der Waals surface area (Å²) in [5, 5.41) is 5.47. The Labute approximate surface area is 185 Å². The number of pyridine rings is 1. The maximum absolute atomic E-state index is 12.3. The Kier molecular flexibility index (Phi) is 5.95. The van der Waals surface area contributed by atoms with Gasteiger partial charge in [-0.25, -0.2) is 13.2 Å². The highest BCUT2D eigenvalue weighted by atomic mass is 32.2. The van der Waals surface area contributed by atoms with Crippen LogP contribution in [0.25, 0.3) is 10.9 Å². The third-order valence-electron chi connectivity index (χ3n) is 4.99. The van der Waals surface area contributed by atoms with Crippen molar-refractivity contribution in [1.82, 2.24) is 15.6 Å². The van der Waals surface area contributed by atoms with Crippen molar-refractivity contribution in [2.45, 2.75) is 26.0 Å². The molecule has 0 aliphatic carbocycles. The minimum Gasteiger partial charge on any atom is -0.489 e. The molecule has 9 nitrogen and oxygen atoms in total. The Hall–Kier alpha value is -3.66. The van der Waals surface area contributed by atoms with Crippen LogP contribution in [0.5, 0.6) is 5.75 Å². The summed E-state index contributed by atoms with van der Waals surface area (Å²) < 4.78 is 33.0. The van der Waals surface area contributed by atoms with Gasteiger partial charge in [-0.15, -0.1) is 0 Å². The highest BCUT2D eigenvalue weighted by Gasteiger charge is 2.30. The van der Waals surface area contributed by atoms with Gasteiger partial charge in [-0.1, -0.05) is 18.2 Å². The second-order valence-electron chi connectivity index (χ2n) is 7.48. The monoisotopic (exact) mass is 454 g/mol. The molecule has 166 valence electrons. The number of aromatic nitrogens is 1. The smallest absolute Gasteiger partial charge is 0.322 e. The van der Waals surface area contributed by atoms with Gasteiger partial charge < -0.3 is 10.1 Å². The van der Waals surface area contributed by atoms with Gasteiger partial charge in [0.15, 0.2) is 0 Å². The largest absolute Gasteiger partial charge is 0.489 e. The number of benzene rings is 2. The first kappa shape index (κ1) is 21.6. The number of anilines is 1. The second-order valence-corrected chi connectivity index (χ2v) is 9.32. The zero-order valence-corrected chi connectivity index (χ0v) is 18.1. The summed E-state index contributed by atoms with van der Waals surface area (Å²) in [5.41, 5.74) is 3.20. The highest BCUT2D eigenvalue weighted by Crippen LogP contribution is 2.22. The van der Waals surface area contributed by atoms with Gasteiger partial charge in [-0.05, 0) is 49.7 Å². The number of hydrogen-bond donors (Lipinski definition) is 3. The minimum atomic E-state index is -3.69. The summed E-state index contributed by atoms with van der Waals surface area (Å²) in [7, 11) is -3.69. The molecule has 1 saturated heterocycles. The van der Waals surface area contributed by atoms with Crippen molar-refractivity contribution in [3.63, 3.8) is 0 Å². The van der Waals surface area contributed by atoms with Crippen molar-refractivity contribution < 1.29 is 22.7 Å². The van der Waals surface area contributed by atoms with Crippen molar-refractivity contribution in [3.8, 4) is 5.75 Å². The maximum Gasteiger partial charge on any atom is 0.322 e. The first-order valence-electron chi connectivity index (χ1n) is 9.99. The van der Waals surface area contributed by atoms with Gasteiger partial charge in [-0.2, -0.15) is 0 Å². The van der Waals surface area contributed by atoms with E-state index in [2.05, 4.69) is 20.3 Å². The Morgan fingerprint density at radius 1 is 1.09 bits per heavy atom. The van der Waals surface area contributed by atoms with E-state index in [4.69, 9.17) is 4.74 Å². The Bertz CT molecular complexity index is 1280. The third-order valence-corrected chi connectivity index (χ3v) is 6.31. The molecule has 0 spiro atoms. The van der Waals surface area contributed by atoms with Crippen LogP contribution in [0.4, 0.5) is 10.5 Å². The molecule has 3 N–H and O–H groups in total. The molecular weight excluding hydrogens is 432 g/mol. The maximum atomic E-state index is 12.3. The summed E-state index contributed by atoms with van der Waals surface area (Å²) >= 11 is 0. The second kappa shape index (κ2) is 8.83. The fraction of sp³-hybridized carbons (Fsp3) is 0.227. The van der Waals surface area contributed by atoms with Crippen LogP contribution < -0.4 is 20.1 Å². The van der Waals surface area contributed by atoms with Gasteiger partial charge in [0.25, 0.3) is 5.91 Å². The van der Waals surface area contributed by atoms with E-state index >= 15 is 0 Å². The van der Waals surface area contributed by atoms with E-state index in [-0.39, 0.29) is 12.2 Å². The molecule has 1 atom stereocenters. The lowest BCUT2D eigenvalue weighted by atomic mass is 10.1. The Morgan fingerprint density at radius 3 is 2.56 bits per heavy atom. The average Bonchev–Trinajstić information content (AvgIpc) is 3.08. The van der Waals surface area contributed by atoms with Crippen LogP contribution >= 0.6 is 0 Å². The molecule has 3 aromatic rings. The number of carbonyl (C=O) groups excluding carboxylic acids is 2. The molecule has 1 aromatic heterocycles. The first-order chi connectivity index (χ1) is 15.3. The molecule has 1 aliphatic rings. The number of sulfonamides is 1. The van der Waals surface area contributed by atoms with E-state index in [9.17, 15) is 18.0 Å². The number of urea groups is 1. The standard InChI is InChI=1S/C22H22N4O5S/c1-14-12-15(18-4-2-3-5-19(18)23-14)13-31-17-8-6-16(7-9-17)26-32(29,30)11-10-20-21(27)25-22(28)24-20/h2-9,12,20,26H,10-11,13H2,1H3,(H2,24,25,27,28). The van der Waals surface area contributed by atoms with Crippen molar-refractivity contribution in [3.05, 3.63) is 65.9 Å². The number of hydrogen-bond acceptors (Lipinski definition) is 6. The Morgan fingerprint density at radius 2 is 1.84 bits per heavy atom. The predicted octanol–water partition coefficient (Wildman–Crippen LogP) is 2.46. The average molecular weight is 455 g/mol. The van der Waals surface area contributed by atoms with Gasteiger partial charge >= 0.3 is 6.03 Å². The molecule has 4 rings (SSSR count). The van der Waals surface area contributed by atoms with Crippen LogP contribution in [-0.2, 0) is 21.4 Å². The lowest BCUT2D eigenvalue weighted by Crippen LogP contribution is -2.32. The highest BCUT2D eigenvalue weighted by molar-refractivity contribution is 7.92. The molecule has 0 bridgehead atoms. The van der Waals surface area contributed by atoms with Gasteiger partial charge in [0, 0.05) is 22.3 Å². The van der Waals surface area contributed by atoms with E-state index < -0.39 is 28.0 Å². The molecule has 0 saturated carbocycles. The molecule has 1 aliphatic heterocycles. The summed E-state index contributed by atoms with van der Waals surface area (Å²) in [6.45, 7) is 2.29. The number of imide groups is 1. The molecule has 3 amide bonds. The van der Waals surface area contributed by atoms with E-state index in [1.807, 2.05) is 37.3 Å². The summed E-state index contributed by atoms with van der Waals surface area (Å²) in [6.07, 6.45) is -0.0204. The molecule has 2 aromatic carbocycles. The van der Waals surface area contributed by atoms with E-state index in [0.29, 0.717) is 18.0 Å². The van der Waals surface area contributed by atoms with Gasteiger partial charge in [0.2, 0.25) is 10.0 Å². The molecular formula is C22H22N4O5S. The molecule has 1 unspecified atom stereocenters. The number of nitrogens with zero attached hydrogens (tertiary/aromatic N) is 1. The quantitative estimate of drug-likeness (QED) is 0.449. The number of rotatable bonds is 8. The lowest BCUT2D eigenvalue weighted by Gasteiger charge is -2.12. The number of aryl methyl sites for hydroxylation is 1. The number of fused-ring (bicyclic) bond motifs is 1. The minimum absolute atomic E-state index is 0.0204. The fourth-order valence-corrected chi connectivity index (χ4v) is 4.60. The van der Waals surface area contributed by atoms with Gasteiger partial charge in [-0.3, -0.25) is 19.8 Å². The molecule has 0 radical (unpaired) electrons. The molecule has 1 fully saturated rings. The van der Waals surface area contributed by atoms with E-state index in [1.165, 1.54) is 0 Å². The Balaban J connectivity index is 1.35.